The van der Waals surface area contributed by atoms with Crippen LogP contribution in [0.1, 0.15) is 12.0 Å². The quantitative estimate of drug-likeness (QED) is 0.402. The minimum absolute atomic E-state index is 0. The minimum Gasteiger partial charge on any atom is -1.00 e. The van der Waals surface area contributed by atoms with E-state index in [0.717, 1.165) is 69.4 Å². The highest BCUT2D eigenvalue weighted by Crippen LogP contribution is 2.24. The first-order valence-electron chi connectivity index (χ1n) is 7.55. The molecular weight excluding hydrogens is 428 g/mol. The lowest BCUT2D eigenvalue weighted by Crippen LogP contribution is -3.00. The topological polar surface area (TPSA) is 43.0 Å². The Labute approximate surface area is 160 Å². The molecular formula is C16H26Br2N2O3-2. The summed E-state index contributed by atoms with van der Waals surface area (Å²) in [6, 6.07) is 5.94. The number of rotatable bonds is 8. The van der Waals surface area contributed by atoms with E-state index in [1.54, 1.807) is 14.2 Å². The number of halogens is 2. The molecule has 23 heavy (non-hydrogen) atoms. The summed E-state index contributed by atoms with van der Waals surface area (Å²) in [5.41, 5.74) is 1.16. The molecule has 0 aromatic heterocycles. The molecule has 0 bridgehead atoms. The molecule has 1 aromatic rings. The number of nitrogens with one attached hydrogen (secondary N) is 1. The Bertz CT molecular complexity index is 430. The molecule has 7 heteroatoms. The van der Waals surface area contributed by atoms with Gasteiger partial charge in [-0.25, -0.2) is 0 Å². The van der Waals surface area contributed by atoms with Gasteiger partial charge in [0.1, 0.15) is 11.5 Å². The van der Waals surface area contributed by atoms with Crippen molar-refractivity contribution in [3.05, 3.63) is 23.8 Å². The van der Waals surface area contributed by atoms with E-state index in [1.165, 1.54) is 0 Å². The molecule has 1 aliphatic rings. The average Bonchev–Trinajstić information content (AvgIpc) is 2.55. The number of hydrogen-bond acceptors (Lipinski definition) is 5. The zero-order valence-electron chi connectivity index (χ0n) is 13.8. The van der Waals surface area contributed by atoms with Crippen LogP contribution in [0.3, 0.4) is 0 Å². The summed E-state index contributed by atoms with van der Waals surface area (Å²) < 4.78 is 16.0. The van der Waals surface area contributed by atoms with Crippen molar-refractivity contribution < 1.29 is 48.2 Å². The van der Waals surface area contributed by atoms with Crippen LogP contribution in [0.2, 0.25) is 0 Å². The van der Waals surface area contributed by atoms with E-state index in [-0.39, 0.29) is 34.0 Å². The van der Waals surface area contributed by atoms with Crippen molar-refractivity contribution in [1.82, 2.24) is 10.2 Å². The smallest absolute Gasteiger partial charge is 0.127 e. The fourth-order valence-electron chi connectivity index (χ4n) is 2.47. The molecule has 2 rings (SSSR count). The molecule has 0 unspecified atom stereocenters. The molecule has 0 saturated carbocycles. The summed E-state index contributed by atoms with van der Waals surface area (Å²) in [6.45, 7) is 6.82. The molecule has 0 aliphatic carbocycles. The summed E-state index contributed by atoms with van der Waals surface area (Å²) in [5.74, 6) is 1.69. The average molecular weight is 454 g/mol. The zero-order chi connectivity index (χ0) is 14.9. The van der Waals surface area contributed by atoms with Crippen LogP contribution < -0.4 is 48.8 Å². The largest absolute Gasteiger partial charge is 1.00 e. The maximum atomic E-state index is 5.40. The summed E-state index contributed by atoms with van der Waals surface area (Å²) >= 11 is 0. The maximum absolute atomic E-state index is 5.40. The van der Waals surface area contributed by atoms with Crippen molar-refractivity contribution in [2.24, 2.45) is 0 Å². The Balaban J connectivity index is 0.00000242. The summed E-state index contributed by atoms with van der Waals surface area (Å²) in [5, 5.41) is 3.47. The van der Waals surface area contributed by atoms with Gasteiger partial charge in [0, 0.05) is 31.3 Å². The van der Waals surface area contributed by atoms with Gasteiger partial charge in [0.15, 0.2) is 0 Å². The molecule has 0 atom stereocenters. The van der Waals surface area contributed by atoms with Crippen LogP contribution in [0, 0.1) is 0 Å². The molecule has 5 nitrogen and oxygen atoms in total. The number of ether oxygens (including phenoxy) is 3. The van der Waals surface area contributed by atoms with Crippen LogP contribution >= 0.6 is 0 Å². The predicted molar refractivity (Wildman–Crippen MR) is 83.1 cm³/mol. The normalized spacial score (nSPS) is 14.5. The van der Waals surface area contributed by atoms with E-state index in [1.807, 2.05) is 18.2 Å². The SMILES string of the molecule is COc1ccc(CNCCCN2CCOCC2)c(OC)c1.[Br-].[Br-]. The Kier molecular flexibility index (Phi) is 12.8. The van der Waals surface area contributed by atoms with E-state index < -0.39 is 0 Å². The van der Waals surface area contributed by atoms with Gasteiger partial charge in [-0.3, -0.25) is 4.90 Å². The van der Waals surface area contributed by atoms with Gasteiger partial charge in [-0.1, -0.05) is 6.07 Å². The van der Waals surface area contributed by atoms with Gasteiger partial charge in [0.05, 0.1) is 27.4 Å². The molecule has 1 heterocycles. The van der Waals surface area contributed by atoms with Crippen LogP contribution in [0.5, 0.6) is 11.5 Å². The zero-order valence-corrected chi connectivity index (χ0v) is 17.0. The lowest BCUT2D eigenvalue weighted by atomic mass is 10.2. The molecule has 1 saturated heterocycles. The van der Waals surface area contributed by atoms with Crippen LogP contribution in [0.25, 0.3) is 0 Å². The standard InChI is InChI=1S/C16H26N2O3.2BrH/c1-19-15-5-4-14(16(12-15)20-2)13-17-6-3-7-18-8-10-21-11-9-18;;/h4-5,12,17H,3,6-11,13H2,1-2H3;2*1H/p-2. The number of hydrogen-bond donors (Lipinski definition) is 1. The molecule has 1 N–H and O–H groups in total. The van der Waals surface area contributed by atoms with Crippen molar-refractivity contribution in [1.29, 1.82) is 0 Å². The Morgan fingerprint density at radius 1 is 1.13 bits per heavy atom. The van der Waals surface area contributed by atoms with E-state index in [2.05, 4.69) is 10.2 Å². The number of morpholine rings is 1. The Hall–Kier alpha value is -0.340. The molecule has 134 valence electrons. The molecule has 0 amide bonds. The molecule has 1 fully saturated rings. The number of nitrogens with zero attached hydrogens (tertiary/aromatic N) is 1. The molecule has 0 spiro atoms. The third kappa shape index (κ3) is 7.85. The van der Waals surface area contributed by atoms with Gasteiger partial charge in [0.2, 0.25) is 0 Å². The molecule has 0 radical (unpaired) electrons. The third-order valence-electron chi connectivity index (χ3n) is 3.74. The first-order valence-corrected chi connectivity index (χ1v) is 7.55. The van der Waals surface area contributed by atoms with E-state index >= 15 is 0 Å². The highest BCUT2D eigenvalue weighted by Gasteiger charge is 2.09. The Morgan fingerprint density at radius 3 is 2.52 bits per heavy atom. The lowest BCUT2D eigenvalue weighted by molar-refractivity contribution is -0.001000. The van der Waals surface area contributed by atoms with Gasteiger partial charge in [-0.2, -0.15) is 0 Å². The first kappa shape index (κ1) is 22.7. The highest BCUT2D eigenvalue weighted by molar-refractivity contribution is 5.40. The van der Waals surface area contributed by atoms with Crippen LogP contribution in [0.4, 0.5) is 0 Å². The predicted octanol–water partition coefficient (Wildman–Crippen LogP) is -4.48. The van der Waals surface area contributed by atoms with E-state index in [0.29, 0.717) is 0 Å². The number of benzene rings is 1. The van der Waals surface area contributed by atoms with Crippen LogP contribution in [0.15, 0.2) is 18.2 Å². The monoisotopic (exact) mass is 452 g/mol. The first-order chi connectivity index (χ1) is 10.3. The van der Waals surface area contributed by atoms with Crippen molar-refractivity contribution >= 4 is 0 Å². The van der Waals surface area contributed by atoms with Crippen molar-refractivity contribution in [3.8, 4) is 11.5 Å². The van der Waals surface area contributed by atoms with E-state index in [9.17, 15) is 0 Å². The van der Waals surface area contributed by atoms with Crippen molar-refractivity contribution in [3.63, 3.8) is 0 Å². The van der Waals surface area contributed by atoms with Crippen LogP contribution in [-0.2, 0) is 11.3 Å². The van der Waals surface area contributed by atoms with Gasteiger partial charge >= 0.3 is 0 Å². The lowest BCUT2D eigenvalue weighted by Gasteiger charge is -2.26. The maximum Gasteiger partial charge on any atom is 0.127 e. The Morgan fingerprint density at radius 2 is 1.87 bits per heavy atom. The second kappa shape index (κ2) is 13.0. The van der Waals surface area contributed by atoms with E-state index in [4.69, 9.17) is 14.2 Å². The minimum atomic E-state index is 0. The second-order valence-electron chi connectivity index (χ2n) is 5.16. The number of methoxy groups -OCH3 is 2. The van der Waals surface area contributed by atoms with Gasteiger partial charge in [-0.05, 0) is 25.6 Å². The third-order valence-corrected chi connectivity index (χ3v) is 3.74. The van der Waals surface area contributed by atoms with Gasteiger partial charge in [0.25, 0.3) is 0 Å². The molecule has 1 aromatic carbocycles. The molecule has 1 aliphatic heterocycles. The van der Waals surface area contributed by atoms with Crippen molar-refractivity contribution in [2.75, 3.05) is 53.6 Å². The second-order valence-corrected chi connectivity index (χ2v) is 5.16. The summed E-state index contributed by atoms with van der Waals surface area (Å²) in [4.78, 5) is 2.46. The highest BCUT2D eigenvalue weighted by atomic mass is 79.9. The fraction of sp³-hybridized carbons (Fsp3) is 0.625. The summed E-state index contributed by atoms with van der Waals surface area (Å²) in [6.07, 6.45) is 1.15. The fourth-order valence-corrected chi connectivity index (χ4v) is 2.47. The summed E-state index contributed by atoms with van der Waals surface area (Å²) in [7, 11) is 3.36. The van der Waals surface area contributed by atoms with Gasteiger partial charge < -0.3 is 53.5 Å². The van der Waals surface area contributed by atoms with Crippen molar-refractivity contribution in [2.45, 2.75) is 13.0 Å². The van der Waals surface area contributed by atoms with Gasteiger partial charge in [-0.15, -0.1) is 0 Å². The van der Waals surface area contributed by atoms with Crippen LogP contribution in [-0.4, -0.2) is 58.5 Å².